The molecule has 2 atom stereocenters. The Balaban J connectivity index is 1.85. The second-order valence-electron chi connectivity index (χ2n) is 7.88. The van der Waals surface area contributed by atoms with Crippen molar-refractivity contribution in [3.05, 3.63) is 53.1 Å². The lowest BCUT2D eigenvalue weighted by molar-refractivity contribution is -0.122. The zero-order chi connectivity index (χ0) is 22.8. The molecular weight excluding hydrogens is 416 g/mol. The molecule has 2 aromatic carbocycles. The number of hydrogen-bond acceptors (Lipinski definition) is 5. The van der Waals surface area contributed by atoms with Gasteiger partial charge in [-0.05, 0) is 68.1 Å². The van der Waals surface area contributed by atoms with Crippen LogP contribution in [0.25, 0.3) is 0 Å². The average molecular weight is 447 g/mol. The molecule has 0 fully saturated rings. The van der Waals surface area contributed by atoms with Gasteiger partial charge in [0.15, 0.2) is 11.5 Å². The maximum absolute atomic E-state index is 13.2. The standard InChI is InChI=1S/C23H30N2O5S/c1-6-20(25(31(5,27)28)19-9-7-15(2)16(3)13-19)23(26)24-17(4)18-8-10-21-22(14-18)30-12-11-29-21/h7-10,13-14,17,20H,6,11-12H2,1-5H3,(H,24,26)/t17-,20+/m1/s1. The minimum absolute atomic E-state index is 0.333. The molecule has 0 bridgehead atoms. The third kappa shape index (κ3) is 5.12. The van der Waals surface area contributed by atoms with Crippen LogP contribution in [0.15, 0.2) is 36.4 Å². The van der Waals surface area contributed by atoms with Gasteiger partial charge in [-0.15, -0.1) is 0 Å². The van der Waals surface area contributed by atoms with E-state index in [0.717, 1.165) is 22.9 Å². The van der Waals surface area contributed by atoms with E-state index in [2.05, 4.69) is 5.32 Å². The number of rotatable bonds is 7. The summed E-state index contributed by atoms with van der Waals surface area (Å²) in [6.07, 6.45) is 1.46. The summed E-state index contributed by atoms with van der Waals surface area (Å²) >= 11 is 0. The normalized spacial score (nSPS) is 15.1. The van der Waals surface area contributed by atoms with Crippen molar-refractivity contribution in [3.63, 3.8) is 0 Å². The summed E-state index contributed by atoms with van der Waals surface area (Å²) in [5.74, 6) is 0.969. The highest BCUT2D eigenvalue weighted by molar-refractivity contribution is 7.92. The molecule has 8 heteroatoms. The first-order valence-electron chi connectivity index (χ1n) is 10.4. The number of ether oxygens (including phenoxy) is 2. The number of hydrogen-bond donors (Lipinski definition) is 1. The minimum Gasteiger partial charge on any atom is -0.486 e. The smallest absolute Gasteiger partial charge is 0.244 e. The third-order valence-electron chi connectivity index (χ3n) is 5.50. The quantitative estimate of drug-likeness (QED) is 0.704. The molecule has 0 aromatic heterocycles. The Morgan fingerprint density at radius 2 is 1.74 bits per heavy atom. The van der Waals surface area contributed by atoms with Crippen LogP contribution >= 0.6 is 0 Å². The topological polar surface area (TPSA) is 84.9 Å². The van der Waals surface area contributed by atoms with E-state index in [4.69, 9.17) is 9.47 Å². The highest BCUT2D eigenvalue weighted by Gasteiger charge is 2.32. The molecule has 0 saturated heterocycles. The number of benzene rings is 2. The molecule has 7 nitrogen and oxygen atoms in total. The second-order valence-corrected chi connectivity index (χ2v) is 9.74. The van der Waals surface area contributed by atoms with Gasteiger partial charge in [-0.3, -0.25) is 9.10 Å². The summed E-state index contributed by atoms with van der Waals surface area (Å²) < 4.78 is 37.7. The van der Waals surface area contributed by atoms with Crippen LogP contribution in [0.5, 0.6) is 11.5 Å². The largest absolute Gasteiger partial charge is 0.486 e. The monoisotopic (exact) mass is 446 g/mol. The maximum atomic E-state index is 13.2. The first kappa shape index (κ1) is 22.9. The van der Waals surface area contributed by atoms with E-state index < -0.39 is 16.1 Å². The van der Waals surface area contributed by atoms with Gasteiger partial charge < -0.3 is 14.8 Å². The molecule has 1 amide bonds. The van der Waals surface area contributed by atoms with Gasteiger partial charge in [-0.2, -0.15) is 0 Å². The lowest BCUT2D eigenvalue weighted by Gasteiger charge is -2.31. The number of sulfonamides is 1. The van der Waals surface area contributed by atoms with Gasteiger partial charge in [-0.1, -0.05) is 19.1 Å². The zero-order valence-corrected chi connectivity index (χ0v) is 19.5. The number of nitrogens with zero attached hydrogens (tertiary/aromatic N) is 1. The van der Waals surface area contributed by atoms with Gasteiger partial charge in [0.25, 0.3) is 0 Å². The Labute approximate surface area is 184 Å². The van der Waals surface area contributed by atoms with Crippen molar-refractivity contribution < 1.29 is 22.7 Å². The number of carbonyl (C=O) groups is 1. The number of nitrogens with one attached hydrogen (secondary N) is 1. The summed E-state index contributed by atoms with van der Waals surface area (Å²) in [6.45, 7) is 8.53. The number of aryl methyl sites for hydroxylation is 2. The molecule has 0 radical (unpaired) electrons. The molecule has 1 aliphatic heterocycles. The van der Waals surface area contributed by atoms with Crippen molar-refractivity contribution in [3.8, 4) is 11.5 Å². The van der Waals surface area contributed by atoms with E-state index >= 15 is 0 Å². The number of anilines is 1. The number of carbonyl (C=O) groups excluding carboxylic acids is 1. The second kappa shape index (κ2) is 9.18. The summed E-state index contributed by atoms with van der Waals surface area (Å²) in [4.78, 5) is 13.2. The van der Waals surface area contributed by atoms with Crippen molar-refractivity contribution in [1.29, 1.82) is 0 Å². The maximum Gasteiger partial charge on any atom is 0.244 e. The summed E-state index contributed by atoms with van der Waals surface area (Å²) in [5.41, 5.74) is 3.36. The molecular formula is C23H30N2O5S. The SMILES string of the molecule is CC[C@@H](C(=O)N[C@H](C)c1ccc2c(c1)OCCO2)N(c1ccc(C)c(C)c1)S(C)(=O)=O. The number of amides is 1. The molecule has 3 rings (SSSR count). The zero-order valence-electron chi connectivity index (χ0n) is 18.6. The van der Waals surface area contributed by atoms with Crippen molar-refractivity contribution in [2.24, 2.45) is 0 Å². The van der Waals surface area contributed by atoms with Crippen molar-refractivity contribution >= 4 is 21.6 Å². The van der Waals surface area contributed by atoms with Crippen LogP contribution in [-0.2, 0) is 14.8 Å². The predicted molar refractivity (Wildman–Crippen MR) is 121 cm³/mol. The predicted octanol–water partition coefficient (Wildman–Crippen LogP) is 3.50. The van der Waals surface area contributed by atoms with Crippen LogP contribution in [-0.4, -0.2) is 39.8 Å². The van der Waals surface area contributed by atoms with Crippen LogP contribution in [0.2, 0.25) is 0 Å². The summed E-state index contributed by atoms with van der Waals surface area (Å²) in [5, 5.41) is 2.96. The van der Waals surface area contributed by atoms with Crippen LogP contribution in [0.3, 0.4) is 0 Å². The van der Waals surface area contributed by atoms with Crippen molar-refractivity contribution in [2.45, 2.75) is 46.2 Å². The minimum atomic E-state index is -3.68. The molecule has 1 N–H and O–H groups in total. The summed E-state index contributed by atoms with van der Waals surface area (Å²) in [7, 11) is -3.68. The average Bonchev–Trinajstić information content (AvgIpc) is 2.72. The van der Waals surface area contributed by atoms with E-state index in [-0.39, 0.29) is 11.9 Å². The Kier molecular flexibility index (Phi) is 6.79. The molecule has 0 saturated carbocycles. The molecule has 31 heavy (non-hydrogen) atoms. The van der Waals surface area contributed by atoms with Gasteiger partial charge in [0.2, 0.25) is 15.9 Å². The molecule has 1 heterocycles. The van der Waals surface area contributed by atoms with E-state index in [1.54, 1.807) is 19.1 Å². The molecule has 2 aromatic rings. The van der Waals surface area contributed by atoms with Crippen LogP contribution < -0.4 is 19.1 Å². The molecule has 0 unspecified atom stereocenters. The molecule has 0 spiro atoms. The fourth-order valence-corrected chi connectivity index (χ4v) is 4.85. The Morgan fingerprint density at radius 1 is 1.06 bits per heavy atom. The van der Waals surface area contributed by atoms with E-state index in [1.165, 1.54) is 4.31 Å². The van der Waals surface area contributed by atoms with Gasteiger partial charge >= 0.3 is 0 Å². The van der Waals surface area contributed by atoms with Crippen LogP contribution in [0, 0.1) is 13.8 Å². The van der Waals surface area contributed by atoms with Crippen molar-refractivity contribution in [1.82, 2.24) is 5.32 Å². The van der Waals surface area contributed by atoms with Gasteiger partial charge in [0, 0.05) is 0 Å². The first-order chi connectivity index (χ1) is 14.6. The van der Waals surface area contributed by atoms with Gasteiger partial charge in [-0.25, -0.2) is 8.42 Å². The Bertz CT molecular complexity index is 1070. The van der Waals surface area contributed by atoms with E-state index in [1.807, 2.05) is 45.0 Å². The van der Waals surface area contributed by atoms with Crippen LogP contribution in [0.1, 0.15) is 43.0 Å². The number of fused-ring (bicyclic) bond motifs is 1. The van der Waals surface area contributed by atoms with Gasteiger partial charge in [0.1, 0.15) is 19.3 Å². The summed E-state index contributed by atoms with van der Waals surface area (Å²) in [6, 6.07) is 9.75. The highest BCUT2D eigenvalue weighted by atomic mass is 32.2. The lowest BCUT2D eigenvalue weighted by atomic mass is 10.1. The molecule has 1 aliphatic rings. The molecule has 0 aliphatic carbocycles. The van der Waals surface area contributed by atoms with Gasteiger partial charge in [0.05, 0.1) is 18.0 Å². The fourth-order valence-electron chi connectivity index (χ4n) is 3.65. The highest BCUT2D eigenvalue weighted by Crippen LogP contribution is 2.33. The fraction of sp³-hybridized carbons (Fsp3) is 0.435. The van der Waals surface area contributed by atoms with E-state index in [9.17, 15) is 13.2 Å². The van der Waals surface area contributed by atoms with Crippen molar-refractivity contribution in [2.75, 3.05) is 23.8 Å². The Hall–Kier alpha value is -2.74. The molecule has 168 valence electrons. The Morgan fingerprint density at radius 3 is 2.35 bits per heavy atom. The first-order valence-corrected chi connectivity index (χ1v) is 12.2. The third-order valence-corrected chi connectivity index (χ3v) is 6.68. The lowest BCUT2D eigenvalue weighted by Crippen LogP contribution is -2.49. The van der Waals surface area contributed by atoms with Crippen LogP contribution in [0.4, 0.5) is 5.69 Å². The van der Waals surface area contributed by atoms with E-state index in [0.29, 0.717) is 36.8 Å².